The van der Waals surface area contributed by atoms with Gasteiger partial charge in [-0.25, -0.2) is 4.68 Å². The van der Waals surface area contributed by atoms with Gasteiger partial charge in [-0.2, -0.15) is 0 Å². The van der Waals surface area contributed by atoms with E-state index in [1.165, 1.54) is 32.4 Å². The fourth-order valence-electron chi connectivity index (χ4n) is 2.53. The van der Waals surface area contributed by atoms with Crippen molar-refractivity contribution in [1.82, 2.24) is 30.4 Å². The minimum atomic E-state index is 0.0885. The molecule has 22 heavy (non-hydrogen) atoms. The summed E-state index contributed by atoms with van der Waals surface area (Å²) in [5.74, 6) is 2.02. The zero-order valence-corrected chi connectivity index (χ0v) is 14.3. The Bertz CT molecular complexity index is 458. The topological polar surface area (TPSA) is 75.9 Å². The second-order valence-corrected chi connectivity index (χ2v) is 6.86. The first-order valence-electron chi connectivity index (χ1n) is 8.00. The Morgan fingerprint density at radius 2 is 2.09 bits per heavy atom. The zero-order valence-electron chi connectivity index (χ0n) is 13.5. The summed E-state index contributed by atoms with van der Waals surface area (Å²) in [7, 11) is 0. The summed E-state index contributed by atoms with van der Waals surface area (Å²) in [5.41, 5.74) is 0. The highest BCUT2D eigenvalue weighted by molar-refractivity contribution is 7.99. The maximum absolute atomic E-state index is 11.8. The van der Waals surface area contributed by atoms with Crippen LogP contribution in [0.5, 0.6) is 0 Å². The zero-order chi connectivity index (χ0) is 15.8. The lowest BCUT2D eigenvalue weighted by molar-refractivity contribution is -0.118. The fourth-order valence-corrected chi connectivity index (χ4v) is 3.29. The van der Waals surface area contributed by atoms with E-state index in [4.69, 9.17) is 0 Å². The third kappa shape index (κ3) is 5.57. The number of rotatable bonds is 8. The molecule has 2 heterocycles. The number of nitrogens with one attached hydrogen (secondary N) is 1. The summed E-state index contributed by atoms with van der Waals surface area (Å²) >= 11 is 1.55. The maximum atomic E-state index is 11.8. The number of amides is 1. The lowest BCUT2D eigenvalue weighted by Crippen LogP contribution is -2.38. The molecule has 0 saturated carbocycles. The Labute approximate surface area is 136 Å². The first-order valence-corrected chi connectivity index (χ1v) is 9.16. The highest BCUT2D eigenvalue weighted by Crippen LogP contribution is 2.12. The third-order valence-electron chi connectivity index (χ3n) is 3.71. The molecule has 0 aliphatic carbocycles. The molecule has 7 nitrogen and oxygen atoms in total. The van der Waals surface area contributed by atoms with Gasteiger partial charge in [0.25, 0.3) is 0 Å². The summed E-state index contributed by atoms with van der Waals surface area (Å²) in [6.45, 7) is 8.12. The minimum Gasteiger partial charge on any atom is -0.354 e. The molecule has 1 N–H and O–H groups in total. The van der Waals surface area contributed by atoms with Crippen molar-refractivity contribution in [2.45, 2.75) is 44.9 Å². The Morgan fingerprint density at radius 1 is 1.32 bits per heavy atom. The monoisotopic (exact) mass is 326 g/mol. The van der Waals surface area contributed by atoms with E-state index in [9.17, 15) is 4.79 Å². The summed E-state index contributed by atoms with van der Waals surface area (Å²) < 4.78 is 1.79. The van der Waals surface area contributed by atoms with Crippen LogP contribution in [-0.4, -0.2) is 62.9 Å². The van der Waals surface area contributed by atoms with Crippen LogP contribution in [0.15, 0.2) is 0 Å². The normalized spacial score (nSPS) is 16.1. The molecule has 1 fully saturated rings. The number of carbonyl (C=O) groups is 1. The van der Waals surface area contributed by atoms with Crippen LogP contribution in [-0.2, 0) is 10.5 Å². The van der Waals surface area contributed by atoms with E-state index in [1.807, 2.05) is 13.8 Å². The van der Waals surface area contributed by atoms with Gasteiger partial charge in [0.1, 0.15) is 0 Å². The number of tetrazole rings is 1. The molecule has 1 saturated heterocycles. The van der Waals surface area contributed by atoms with Crippen molar-refractivity contribution in [2.24, 2.45) is 0 Å². The number of hydrogen-bond acceptors (Lipinski definition) is 6. The SMILES string of the molecule is CC(C)n1nnnc1CSCC(=O)NCCN1CCCCC1. The van der Waals surface area contributed by atoms with Crippen LogP contribution in [0.4, 0.5) is 0 Å². The average Bonchev–Trinajstić information content (AvgIpc) is 2.97. The van der Waals surface area contributed by atoms with E-state index in [0.29, 0.717) is 11.5 Å². The quantitative estimate of drug-likeness (QED) is 0.771. The van der Waals surface area contributed by atoms with Crippen LogP contribution in [0.2, 0.25) is 0 Å². The Hall–Kier alpha value is -1.15. The molecule has 1 aliphatic heterocycles. The predicted octanol–water partition coefficient (Wildman–Crippen LogP) is 1.09. The van der Waals surface area contributed by atoms with Gasteiger partial charge >= 0.3 is 0 Å². The van der Waals surface area contributed by atoms with E-state index < -0.39 is 0 Å². The maximum Gasteiger partial charge on any atom is 0.230 e. The van der Waals surface area contributed by atoms with Crippen molar-refractivity contribution in [1.29, 1.82) is 0 Å². The molecule has 0 radical (unpaired) electrons. The number of piperidine rings is 1. The number of carbonyl (C=O) groups excluding carboxylic acids is 1. The lowest BCUT2D eigenvalue weighted by Gasteiger charge is -2.26. The Balaban J connectivity index is 1.58. The van der Waals surface area contributed by atoms with Crippen LogP contribution in [0.1, 0.15) is 45.0 Å². The second kappa shape index (κ2) is 9.09. The van der Waals surface area contributed by atoms with Gasteiger partial charge in [-0.3, -0.25) is 4.79 Å². The highest BCUT2D eigenvalue weighted by Gasteiger charge is 2.11. The number of likely N-dealkylation sites (tertiary alicyclic amines) is 1. The molecule has 8 heteroatoms. The summed E-state index contributed by atoms with van der Waals surface area (Å²) in [4.78, 5) is 14.2. The molecule has 1 aliphatic rings. The minimum absolute atomic E-state index is 0.0885. The van der Waals surface area contributed by atoms with Gasteiger partial charge in [0.15, 0.2) is 5.82 Å². The van der Waals surface area contributed by atoms with E-state index in [-0.39, 0.29) is 11.9 Å². The summed E-state index contributed by atoms with van der Waals surface area (Å²) in [6.07, 6.45) is 3.91. The van der Waals surface area contributed by atoms with Gasteiger partial charge in [0, 0.05) is 13.1 Å². The number of hydrogen-bond donors (Lipinski definition) is 1. The Kier molecular flexibility index (Phi) is 7.11. The largest absolute Gasteiger partial charge is 0.354 e. The first-order chi connectivity index (χ1) is 10.7. The predicted molar refractivity (Wildman–Crippen MR) is 87.7 cm³/mol. The van der Waals surface area contributed by atoms with Crippen LogP contribution in [0, 0.1) is 0 Å². The van der Waals surface area contributed by atoms with Gasteiger partial charge in [-0.15, -0.1) is 16.9 Å². The van der Waals surface area contributed by atoms with Crippen molar-refractivity contribution in [3.63, 3.8) is 0 Å². The van der Waals surface area contributed by atoms with Crippen molar-refractivity contribution >= 4 is 17.7 Å². The highest BCUT2D eigenvalue weighted by atomic mass is 32.2. The standard InChI is InChI=1S/C14H26N6OS/c1-12(2)20-13(16-17-18-20)10-22-11-14(21)15-6-9-19-7-4-3-5-8-19/h12H,3-11H2,1-2H3,(H,15,21). The van der Waals surface area contributed by atoms with Crippen molar-refractivity contribution in [2.75, 3.05) is 31.9 Å². The van der Waals surface area contributed by atoms with Gasteiger partial charge in [-0.1, -0.05) is 6.42 Å². The molecule has 1 amide bonds. The molecule has 1 aromatic rings. The van der Waals surface area contributed by atoms with E-state index >= 15 is 0 Å². The van der Waals surface area contributed by atoms with E-state index in [0.717, 1.165) is 18.9 Å². The number of thioether (sulfide) groups is 1. The molecule has 0 atom stereocenters. The van der Waals surface area contributed by atoms with Gasteiger partial charge in [0.2, 0.25) is 5.91 Å². The molecule has 0 bridgehead atoms. The average molecular weight is 326 g/mol. The number of aromatic nitrogens is 4. The Morgan fingerprint density at radius 3 is 2.82 bits per heavy atom. The number of nitrogens with zero attached hydrogens (tertiary/aromatic N) is 5. The fraction of sp³-hybridized carbons (Fsp3) is 0.857. The van der Waals surface area contributed by atoms with Crippen LogP contribution in [0.25, 0.3) is 0 Å². The van der Waals surface area contributed by atoms with E-state index in [2.05, 4.69) is 25.7 Å². The third-order valence-corrected chi connectivity index (χ3v) is 4.64. The molecule has 0 spiro atoms. The van der Waals surface area contributed by atoms with Crippen LogP contribution < -0.4 is 5.32 Å². The first kappa shape index (κ1) is 17.2. The summed E-state index contributed by atoms with van der Waals surface area (Å²) in [6, 6.07) is 0.240. The van der Waals surface area contributed by atoms with Crippen LogP contribution >= 0.6 is 11.8 Å². The molecule has 0 unspecified atom stereocenters. The molecular formula is C14H26N6OS. The molecule has 124 valence electrons. The van der Waals surface area contributed by atoms with Gasteiger partial charge in [0.05, 0.1) is 17.5 Å². The van der Waals surface area contributed by atoms with Crippen molar-refractivity contribution in [3.05, 3.63) is 5.82 Å². The van der Waals surface area contributed by atoms with Gasteiger partial charge in [-0.05, 0) is 50.2 Å². The van der Waals surface area contributed by atoms with E-state index in [1.54, 1.807) is 16.4 Å². The van der Waals surface area contributed by atoms with Crippen molar-refractivity contribution < 1.29 is 4.79 Å². The van der Waals surface area contributed by atoms with Gasteiger partial charge < -0.3 is 10.2 Å². The molecule has 2 rings (SSSR count). The van der Waals surface area contributed by atoms with Crippen LogP contribution in [0.3, 0.4) is 0 Å². The molecule has 1 aromatic heterocycles. The smallest absolute Gasteiger partial charge is 0.230 e. The summed E-state index contributed by atoms with van der Waals surface area (Å²) in [5, 5.41) is 14.6. The lowest BCUT2D eigenvalue weighted by atomic mass is 10.1. The molecular weight excluding hydrogens is 300 g/mol. The molecule has 0 aromatic carbocycles. The second-order valence-electron chi connectivity index (χ2n) is 5.88. The van der Waals surface area contributed by atoms with Crippen molar-refractivity contribution in [3.8, 4) is 0 Å².